The second-order valence-electron chi connectivity index (χ2n) is 3.93. The number of ether oxygens (including phenoxy) is 2. The molecular formula is C12H11N3O3S. The van der Waals surface area contributed by atoms with E-state index in [1.165, 1.54) is 11.3 Å². The maximum absolute atomic E-state index is 12.0. The third-order valence-corrected chi connectivity index (χ3v) is 3.36. The molecule has 7 heteroatoms. The molecule has 3 rings (SSSR count). The van der Waals surface area contributed by atoms with Crippen LogP contribution in [0.5, 0.6) is 11.5 Å². The molecule has 0 spiro atoms. The number of nitrogens with two attached hydrogens (primary N) is 1. The van der Waals surface area contributed by atoms with E-state index in [0.29, 0.717) is 28.7 Å². The van der Waals surface area contributed by atoms with E-state index in [4.69, 9.17) is 15.2 Å². The molecule has 0 bridgehead atoms. The van der Waals surface area contributed by atoms with Crippen molar-refractivity contribution < 1.29 is 14.3 Å². The van der Waals surface area contributed by atoms with Gasteiger partial charge in [-0.2, -0.15) is 0 Å². The number of amides is 1. The molecule has 0 unspecified atom stereocenters. The lowest BCUT2D eigenvalue weighted by atomic mass is 10.2. The largest absolute Gasteiger partial charge is 0.454 e. The molecule has 0 fully saturated rings. The van der Waals surface area contributed by atoms with Gasteiger partial charge in [0.15, 0.2) is 16.6 Å². The average Bonchev–Trinajstić information content (AvgIpc) is 3.03. The summed E-state index contributed by atoms with van der Waals surface area (Å²) in [7, 11) is 0. The minimum absolute atomic E-state index is 0.190. The lowest BCUT2D eigenvalue weighted by Crippen LogP contribution is -2.22. The van der Waals surface area contributed by atoms with E-state index < -0.39 is 0 Å². The molecule has 3 N–H and O–H groups in total. The molecule has 2 aromatic rings. The smallest absolute Gasteiger partial charge is 0.251 e. The number of carbonyl (C=O) groups is 1. The van der Waals surface area contributed by atoms with Crippen LogP contribution >= 0.6 is 11.3 Å². The molecule has 0 aliphatic carbocycles. The maximum atomic E-state index is 12.0. The number of benzene rings is 1. The molecule has 1 aromatic carbocycles. The van der Waals surface area contributed by atoms with Crippen molar-refractivity contribution in [1.82, 2.24) is 10.3 Å². The maximum Gasteiger partial charge on any atom is 0.251 e. The Morgan fingerprint density at radius 2 is 2.26 bits per heavy atom. The molecule has 1 aliphatic heterocycles. The zero-order chi connectivity index (χ0) is 13.2. The molecule has 1 amide bonds. The van der Waals surface area contributed by atoms with Crippen molar-refractivity contribution in [3.8, 4) is 11.5 Å². The normalized spacial score (nSPS) is 12.4. The molecule has 2 heterocycles. The Morgan fingerprint density at radius 1 is 1.42 bits per heavy atom. The zero-order valence-corrected chi connectivity index (χ0v) is 10.7. The number of aromatic nitrogens is 1. The zero-order valence-electron chi connectivity index (χ0n) is 9.88. The number of nitrogens with one attached hydrogen (secondary N) is 1. The second kappa shape index (κ2) is 4.77. The molecule has 0 atom stereocenters. The van der Waals surface area contributed by atoms with Gasteiger partial charge in [0.2, 0.25) is 6.79 Å². The Hall–Kier alpha value is -2.28. The van der Waals surface area contributed by atoms with Crippen LogP contribution in [0.3, 0.4) is 0 Å². The van der Waals surface area contributed by atoms with E-state index in [2.05, 4.69) is 10.3 Å². The Kier molecular flexibility index (Phi) is 2.96. The lowest BCUT2D eigenvalue weighted by Gasteiger charge is -2.04. The first-order chi connectivity index (χ1) is 9.22. The van der Waals surface area contributed by atoms with Gasteiger partial charge >= 0.3 is 0 Å². The van der Waals surface area contributed by atoms with Gasteiger partial charge in [0.25, 0.3) is 5.91 Å². The Labute approximate surface area is 113 Å². The van der Waals surface area contributed by atoms with Crippen LogP contribution in [0, 0.1) is 0 Å². The van der Waals surface area contributed by atoms with E-state index in [9.17, 15) is 4.79 Å². The predicted molar refractivity (Wildman–Crippen MR) is 70.3 cm³/mol. The van der Waals surface area contributed by atoms with Crippen LogP contribution < -0.4 is 20.5 Å². The van der Waals surface area contributed by atoms with E-state index in [-0.39, 0.29) is 12.7 Å². The summed E-state index contributed by atoms with van der Waals surface area (Å²) in [4.78, 5) is 16.0. The first kappa shape index (κ1) is 11.8. The van der Waals surface area contributed by atoms with Crippen molar-refractivity contribution in [1.29, 1.82) is 0 Å². The van der Waals surface area contributed by atoms with Crippen LogP contribution in [0.1, 0.15) is 16.1 Å². The fraction of sp³-hybridized carbons (Fsp3) is 0.167. The van der Waals surface area contributed by atoms with E-state index in [1.807, 2.05) is 5.38 Å². The number of carbonyl (C=O) groups excluding carboxylic acids is 1. The van der Waals surface area contributed by atoms with Crippen LogP contribution in [0.25, 0.3) is 0 Å². The molecule has 1 aliphatic rings. The number of nitrogens with zero attached hydrogens (tertiary/aromatic N) is 1. The highest BCUT2D eigenvalue weighted by Gasteiger charge is 2.16. The summed E-state index contributed by atoms with van der Waals surface area (Å²) in [5, 5.41) is 5.08. The van der Waals surface area contributed by atoms with Crippen molar-refractivity contribution in [2.75, 3.05) is 12.5 Å². The fourth-order valence-electron chi connectivity index (χ4n) is 1.71. The number of thiazole rings is 1. The fourth-order valence-corrected chi connectivity index (χ4v) is 2.28. The molecular weight excluding hydrogens is 266 g/mol. The van der Waals surface area contributed by atoms with Crippen LogP contribution in [0.15, 0.2) is 23.6 Å². The predicted octanol–water partition coefficient (Wildman–Crippen LogP) is 1.38. The Bertz CT molecular complexity index is 626. The standard InChI is InChI=1S/C12H11N3O3S/c13-12-15-8(5-19-12)4-14-11(16)7-1-2-9-10(3-7)18-6-17-9/h1-3,5H,4,6H2,(H2,13,15)(H,14,16). The van der Waals surface area contributed by atoms with Gasteiger partial charge in [0.1, 0.15) is 0 Å². The quantitative estimate of drug-likeness (QED) is 0.885. The van der Waals surface area contributed by atoms with Crippen molar-refractivity contribution in [2.45, 2.75) is 6.54 Å². The van der Waals surface area contributed by atoms with E-state index >= 15 is 0 Å². The third-order valence-electron chi connectivity index (χ3n) is 2.63. The minimum Gasteiger partial charge on any atom is -0.454 e. The van der Waals surface area contributed by atoms with Crippen molar-refractivity contribution in [2.24, 2.45) is 0 Å². The van der Waals surface area contributed by atoms with Crippen molar-refractivity contribution >= 4 is 22.4 Å². The average molecular weight is 277 g/mol. The summed E-state index contributed by atoms with van der Waals surface area (Å²) >= 11 is 1.35. The highest BCUT2D eigenvalue weighted by Crippen LogP contribution is 2.32. The first-order valence-electron chi connectivity index (χ1n) is 5.60. The van der Waals surface area contributed by atoms with Crippen LogP contribution in [0.2, 0.25) is 0 Å². The third kappa shape index (κ3) is 2.45. The Balaban J connectivity index is 1.67. The summed E-state index contributed by atoms with van der Waals surface area (Å²) in [5.74, 6) is 1.05. The number of rotatable bonds is 3. The monoisotopic (exact) mass is 277 g/mol. The van der Waals surface area contributed by atoms with Crippen molar-refractivity contribution in [3.63, 3.8) is 0 Å². The number of nitrogen functional groups attached to an aromatic ring is 1. The highest BCUT2D eigenvalue weighted by molar-refractivity contribution is 7.13. The lowest BCUT2D eigenvalue weighted by molar-refractivity contribution is 0.0950. The van der Waals surface area contributed by atoms with Gasteiger partial charge in [-0.3, -0.25) is 4.79 Å². The first-order valence-corrected chi connectivity index (χ1v) is 6.48. The molecule has 1 aromatic heterocycles. The number of hydrogen-bond acceptors (Lipinski definition) is 6. The summed E-state index contributed by atoms with van der Waals surface area (Å²) in [6, 6.07) is 5.07. The number of anilines is 1. The summed E-state index contributed by atoms with van der Waals surface area (Å²) in [6.07, 6.45) is 0. The van der Waals surface area contributed by atoms with Gasteiger partial charge in [0.05, 0.1) is 12.2 Å². The summed E-state index contributed by atoms with van der Waals surface area (Å²) in [6.45, 7) is 0.541. The van der Waals surface area contributed by atoms with Crippen molar-refractivity contribution in [3.05, 3.63) is 34.8 Å². The summed E-state index contributed by atoms with van der Waals surface area (Å²) in [5.41, 5.74) is 6.79. The molecule has 0 saturated carbocycles. The van der Waals surface area contributed by atoms with Crippen LogP contribution in [-0.2, 0) is 6.54 Å². The van der Waals surface area contributed by atoms with Gasteiger partial charge in [-0.1, -0.05) is 0 Å². The van der Waals surface area contributed by atoms with Gasteiger partial charge < -0.3 is 20.5 Å². The summed E-state index contributed by atoms with van der Waals surface area (Å²) < 4.78 is 10.4. The van der Waals surface area contributed by atoms with Crippen LogP contribution in [-0.4, -0.2) is 17.7 Å². The number of fused-ring (bicyclic) bond motifs is 1. The van der Waals surface area contributed by atoms with E-state index in [1.54, 1.807) is 18.2 Å². The van der Waals surface area contributed by atoms with Gasteiger partial charge in [0, 0.05) is 10.9 Å². The van der Waals surface area contributed by atoms with E-state index in [0.717, 1.165) is 5.69 Å². The number of hydrogen-bond donors (Lipinski definition) is 2. The van der Waals surface area contributed by atoms with Crippen LogP contribution in [0.4, 0.5) is 5.13 Å². The highest BCUT2D eigenvalue weighted by atomic mass is 32.1. The second-order valence-corrected chi connectivity index (χ2v) is 4.82. The SMILES string of the molecule is Nc1nc(CNC(=O)c2ccc3c(c2)OCO3)cs1. The van der Waals surface area contributed by atoms with Gasteiger partial charge in [-0.15, -0.1) is 11.3 Å². The minimum atomic E-state index is -0.190. The molecule has 19 heavy (non-hydrogen) atoms. The molecule has 0 radical (unpaired) electrons. The molecule has 6 nitrogen and oxygen atoms in total. The van der Waals surface area contributed by atoms with Gasteiger partial charge in [-0.25, -0.2) is 4.98 Å². The Morgan fingerprint density at radius 3 is 3.05 bits per heavy atom. The van der Waals surface area contributed by atoms with Gasteiger partial charge in [-0.05, 0) is 18.2 Å². The molecule has 0 saturated heterocycles. The molecule has 98 valence electrons. The topological polar surface area (TPSA) is 86.5 Å².